The smallest absolute Gasteiger partial charge is 0.298 e. The van der Waals surface area contributed by atoms with E-state index >= 15 is 0 Å². The summed E-state index contributed by atoms with van der Waals surface area (Å²) in [7, 11) is 0.678. The number of nitrogens with zero attached hydrogens (tertiary/aromatic N) is 2. The number of nitrogens with one attached hydrogen (secondary N) is 3. The number of carbonyl (C=O) groups excluding carboxylic acids is 1. The van der Waals surface area contributed by atoms with Gasteiger partial charge in [-0.25, -0.2) is 9.11 Å². The van der Waals surface area contributed by atoms with Crippen molar-refractivity contribution in [2.75, 3.05) is 24.1 Å². The highest BCUT2D eigenvalue weighted by Crippen LogP contribution is 2.37. The number of aromatic nitrogens is 1. The second-order valence-corrected chi connectivity index (χ2v) is 12.1. The summed E-state index contributed by atoms with van der Waals surface area (Å²) in [5.41, 5.74) is 0.0697. The lowest BCUT2D eigenvalue weighted by atomic mass is 9.91. The number of hydrogen-bond acceptors (Lipinski definition) is 6. The first-order valence-corrected chi connectivity index (χ1v) is 14.7. The normalized spacial score (nSPS) is 13.5. The molecule has 3 N–H and O–H groups in total. The first kappa shape index (κ1) is 28.8. The third kappa shape index (κ3) is 6.20. The van der Waals surface area contributed by atoms with E-state index in [1.54, 1.807) is 37.1 Å². The van der Waals surface area contributed by atoms with E-state index in [0.29, 0.717) is 3.57 Å². The molecule has 39 heavy (non-hydrogen) atoms. The van der Waals surface area contributed by atoms with Crippen LogP contribution >= 0.6 is 22.6 Å². The van der Waals surface area contributed by atoms with Gasteiger partial charge in [-0.3, -0.25) is 18.9 Å². The lowest BCUT2D eigenvalue weighted by Crippen LogP contribution is -2.42. The maximum absolute atomic E-state index is 14.8. The molecular weight excluding hydrogens is 640 g/mol. The maximum atomic E-state index is 14.8. The summed E-state index contributed by atoms with van der Waals surface area (Å²) < 4.78 is 51.4. The van der Waals surface area contributed by atoms with Crippen molar-refractivity contribution in [1.82, 2.24) is 14.2 Å². The molecule has 0 bridgehead atoms. The summed E-state index contributed by atoms with van der Waals surface area (Å²) in [5, 5.41) is 2.95. The average molecular weight is 670 g/mol. The highest BCUT2D eigenvalue weighted by molar-refractivity contribution is 14.1. The number of ether oxygens (including phenoxy) is 1. The molecule has 1 heterocycles. The molecule has 4 rings (SSSR count). The minimum atomic E-state index is -3.79. The van der Waals surface area contributed by atoms with Gasteiger partial charge in [0.25, 0.3) is 21.7 Å². The van der Waals surface area contributed by atoms with Gasteiger partial charge in [-0.15, -0.1) is 0 Å². The van der Waals surface area contributed by atoms with Gasteiger partial charge in [-0.05, 0) is 79.1 Å². The monoisotopic (exact) mass is 669 g/mol. The van der Waals surface area contributed by atoms with Crippen molar-refractivity contribution in [2.24, 2.45) is 7.05 Å². The van der Waals surface area contributed by atoms with Crippen LogP contribution in [0.5, 0.6) is 11.5 Å². The summed E-state index contributed by atoms with van der Waals surface area (Å²) in [5.74, 6) is -0.684. The summed E-state index contributed by atoms with van der Waals surface area (Å²) in [4.78, 5) is 28.9. The molecular formula is C26H29FIN5O5S. The fourth-order valence-corrected chi connectivity index (χ4v) is 5.16. The molecule has 0 atom stereocenters. The molecule has 1 aliphatic carbocycles. The van der Waals surface area contributed by atoms with Crippen LogP contribution in [0.1, 0.15) is 35.2 Å². The van der Waals surface area contributed by atoms with Gasteiger partial charge in [-0.2, -0.15) is 8.42 Å². The lowest BCUT2D eigenvalue weighted by Gasteiger charge is -2.35. The van der Waals surface area contributed by atoms with E-state index in [9.17, 15) is 22.4 Å². The molecule has 0 radical (unpaired) electrons. The standard InChI is InChI=1S/C26H29FIN5O5S/c1-15-23(38-19-10-5-7-17(14-19)31-39(36,37)29-2)22(26(35)32(3)18-8-6-9-18)24(33(4)25(15)34)30-21-12-11-16(28)13-20(21)27/h5,7,10-14,18,29-31H,6,8-9H2,1-4H3. The van der Waals surface area contributed by atoms with Crippen molar-refractivity contribution in [3.8, 4) is 11.5 Å². The van der Waals surface area contributed by atoms with Crippen molar-refractivity contribution < 1.29 is 22.3 Å². The van der Waals surface area contributed by atoms with E-state index in [2.05, 4.69) is 14.8 Å². The Kier molecular flexibility index (Phi) is 8.51. The molecule has 10 nitrogen and oxygen atoms in total. The van der Waals surface area contributed by atoms with Crippen LogP contribution in [0.15, 0.2) is 47.3 Å². The zero-order valence-corrected chi connectivity index (χ0v) is 24.8. The Morgan fingerprint density at radius 1 is 1.21 bits per heavy atom. The zero-order valence-electron chi connectivity index (χ0n) is 21.8. The quantitative estimate of drug-likeness (QED) is 0.289. The maximum Gasteiger partial charge on any atom is 0.298 e. The van der Waals surface area contributed by atoms with Crippen LogP contribution in [0.2, 0.25) is 0 Å². The number of halogens is 2. The molecule has 13 heteroatoms. The third-order valence-electron chi connectivity index (χ3n) is 6.68. The van der Waals surface area contributed by atoms with Crippen LogP contribution in [0.25, 0.3) is 0 Å². The molecule has 1 fully saturated rings. The lowest BCUT2D eigenvalue weighted by molar-refractivity contribution is 0.0649. The Morgan fingerprint density at radius 3 is 2.54 bits per heavy atom. The van der Waals surface area contributed by atoms with Crippen LogP contribution in [-0.2, 0) is 17.3 Å². The second-order valence-electron chi connectivity index (χ2n) is 9.23. The molecule has 208 valence electrons. The van der Waals surface area contributed by atoms with Crippen molar-refractivity contribution in [2.45, 2.75) is 32.2 Å². The zero-order chi connectivity index (χ0) is 28.5. The van der Waals surface area contributed by atoms with Crippen molar-refractivity contribution >= 4 is 55.9 Å². The number of hydrogen-bond donors (Lipinski definition) is 3. The molecule has 0 spiro atoms. The fraction of sp³-hybridized carbons (Fsp3) is 0.308. The Labute approximate surface area is 239 Å². The van der Waals surface area contributed by atoms with Crippen LogP contribution in [0.3, 0.4) is 0 Å². The Morgan fingerprint density at radius 2 is 1.92 bits per heavy atom. The average Bonchev–Trinajstić information content (AvgIpc) is 2.85. The predicted molar refractivity (Wildman–Crippen MR) is 157 cm³/mol. The summed E-state index contributed by atoms with van der Waals surface area (Å²) in [6, 6.07) is 10.7. The van der Waals surface area contributed by atoms with E-state index in [1.807, 2.05) is 22.6 Å². The van der Waals surface area contributed by atoms with E-state index in [1.165, 1.54) is 42.9 Å². The minimum Gasteiger partial charge on any atom is -0.456 e. The number of carbonyl (C=O) groups is 1. The molecule has 1 aromatic heterocycles. The Balaban J connectivity index is 1.87. The van der Waals surface area contributed by atoms with E-state index in [4.69, 9.17) is 4.74 Å². The number of benzene rings is 2. The first-order valence-electron chi connectivity index (χ1n) is 12.1. The van der Waals surface area contributed by atoms with Crippen molar-refractivity contribution in [3.63, 3.8) is 0 Å². The largest absolute Gasteiger partial charge is 0.456 e. The van der Waals surface area contributed by atoms with Gasteiger partial charge in [0.15, 0.2) is 5.75 Å². The topological polar surface area (TPSA) is 122 Å². The highest BCUT2D eigenvalue weighted by Gasteiger charge is 2.33. The van der Waals surface area contributed by atoms with E-state index < -0.39 is 27.5 Å². The van der Waals surface area contributed by atoms with Crippen molar-refractivity contribution in [3.05, 3.63) is 73.3 Å². The number of rotatable bonds is 9. The molecule has 1 saturated carbocycles. The van der Waals surface area contributed by atoms with Crippen LogP contribution < -0.4 is 25.1 Å². The summed E-state index contributed by atoms with van der Waals surface area (Å²) in [6.45, 7) is 1.54. The van der Waals surface area contributed by atoms with Crippen LogP contribution in [-0.4, -0.2) is 43.9 Å². The molecule has 0 unspecified atom stereocenters. The minimum absolute atomic E-state index is 0.00341. The highest BCUT2D eigenvalue weighted by atomic mass is 127. The van der Waals surface area contributed by atoms with Gasteiger partial charge < -0.3 is 15.0 Å². The number of amides is 1. The number of pyridine rings is 1. The Bertz CT molecular complexity index is 1590. The predicted octanol–water partition coefficient (Wildman–Crippen LogP) is 4.47. The van der Waals surface area contributed by atoms with Gasteiger partial charge in [0, 0.05) is 36.8 Å². The Hall–Kier alpha value is -3.17. The van der Waals surface area contributed by atoms with Gasteiger partial charge in [0.1, 0.15) is 22.9 Å². The van der Waals surface area contributed by atoms with Crippen molar-refractivity contribution in [1.29, 1.82) is 0 Å². The van der Waals surface area contributed by atoms with E-state index in [0.717, 1.165) is 19.3 Å². The molecule has 0 aliphatic heterocycles. The molecule has 3 aromatic rings. The fourth-order valence-electron chi connectivity index (χ4n) is 4.17. The molecule has 0 saturated heterocycles. The van der Waals surface area contributed by atoms with Gasteiger partial charge >= 0.3 is 0 Å². The van der Waals surface area contributed by atoms with Gasteiger partial charge in [0.2, 0.25) is 0 Å². The molecule has 1 aliphatic rings. The second kappa shape index (κ2) is 11.5. The summed E-state index contributed by atoms with van der Waals surface area (Å²) >= 11 is 1.99. The SMILES string of the molecule is CNS(=O)(=O)Nc1cccc(Oc2c(C(=O)N(C)C3CCC3)c(Nc3ccc(I)cc3F)n(C)c(=O)c2C)c1. The van der Waals surface area contributed by atoms with E-state index in [-0.39, 0.29) is 45.9 Å². The first-order chi connectivity index (χ1) is 18.4. The van der Waals surface area contributed by atoms with Crippen LogP contribution in [0.4, 0.5) is 21.6 Å². The third-order valence-corrected chi connectivity index (χ3v) is 8.39. The summed E-state index contributed by atoms with van der Waals surface area (Å²) in [6.07, 6.45) is 2.71. The van der Waals surface area contributed by atoms with Gasteiger partial charge in [0.05, 0.1) is 16.9 Å². The molecule has 2 aromatic carbocycles. The molecule has 1 amide bonds. The van der Waals surface area contributed by atoms with Gasteiger partial charge in [-0.1, -0.05) is 6.07 Å². The van der Waals surface area contributed by atoms with Crippen LogP contribution in [0, 0.1) is 16.3 Å². The number of anilines is 3.